The monoisotopic (exact) mass is 359 g/mol. The molecule has 0 spiro atoms. The van der Waals surface area contributed by atoms with Gasteiger partial charge >= 0.3 is 12.2 Å². The number of amides is 2. The van der Waals surface area contributed by atoms with E-state index in [1.807, 2.05) is 6.92 Å². The van der Waals surface area contributed by atoms with Crippen molar-refractivity contribution in [2.24, 2.45) is 16.0 Å². The maximum atomic E-state index is 12.7. The maximum Gasteiger partial charge on any atom is 0.435 e. The van der Waals surface area contributed by atoms with Gasteiger partial charge < -0.3 is 10.3 Å². The number of piperidine rings is 1. The number of amidine groups is 1. The van der Waals surface area contributed by atoms with Crippen molar-refractivity contribution in [3.05, 3.63) is 24.3 Å². The largest absolute Gasteiger partial charge is 0.435 e. The van der Waals surface area contributed by atoms with Crippen molar-refractivity contribution in [2.45, 2.75) is 25.9 Å². The van der Waals surface area contributed by atoms with Crippen LogP contribution in [0, 0.1) is 5.92 Å². The van der Waals surface area contributed by atoms with Gasteiger partial charge in [-0.05, 0) is 37.8 Å². The van der Waals surface area contributed by atoms with Gasteiger partial charge in [0.05, 0.1) is 0 Å². The van der Waals surface area contributed by atoms with Gasteiger partial charge in [0.2, 0.25) is 0 Å². The second-order valence-corrected chi connectivity index (χ2v) is 5.44. The lowest BCUT2D eigenvalue weighted by Gasteiger charge is -2.30. The molecule has 140 valence electrons. The zero-order valence-electron chi connectivity index (χ0n) is 14.6. The fraction of sp³-hybridized carbons (Fsp3) is 0.562. The quantitative estimate of drug-likeness (QED) is 0.460. The van der Waals surface area contributed by atoms with Crippen molar-refractivity contribution in [1.29, 1.82) is 0 Å². The molecule has 2 N–H and O–H groups in total. The smallest absolute Gasteiger partial charge is 0.324 e. The van der Waals surface area contributed by atoms with E-state index in [0.717, 1.165) is 6.08 Å². The number of likely N-dealkylation sites (tertiary alicyclic amines) is 1. The van der Waals surface area contributed by atoms with E-state index in [4.69, 9.17) is 0 Å². The molecule has 2 amide bonds. The summed E-state index contributed by atoms with van der Waals surface area (Å²) in [5, 5.41) is 5.94. The number of nitrogens with zero attached hydrogens (tertiary/aromatic N) is 3. The van der Waals surface area contributed by atoms with E-state index >= 15 is 0 Å². The van der Waals surface area contributed by atoms with Crippen LogP contribution in [0.4, 0.5) is 18.0 Å². The van der Waals surface area contributed by atoms with Gasteiger partial charge in [-0.2, -0.15) is 18.3 Å². The molecule has 0 unspecified atom stereocenters. The molecule has 1 rings (SSSR count). The third-order valence-electron chi connectivity index (χ3n) is 3.68. The molecule has 25 heavy (non-hydrogen) atoms. The Morgan fingerprint density at radius 2 is 1.88 bits per heavy atom. The molecule has 9 heteroatoms. The van der Waals surface area contributed by atoms with Gasteiger partial charge in [0, 0.05) is 27.2 Å². The Labute approximate surface area is 145 Å². The van der Waals surface area contributed by atoms with E-state index in [-0.39, 0.29) is 11.9 Å². The summed E-state index contributed by atoms with van der Waals surface area (Å²) in [6.07, 6.45) is 2.65. The molecule has 0 aliphatic carbocycles. The molecule has 0 atom stereocenters. The summed E-state index contributed by atoms with van der Waals surface area (Å²) in [5.41, 5.74) is 1.19. The number of aliphatic imine (C=N–C) groups is 1. The molecule has 0 aromatic heterocycles. The number of hydrazone groups is 1. The summed E-state index contributed by atoms with van der Waals surface area (Å²) in [6.45, 7) is 2.76. The molecule has 1 heterocycles. The van der Waals surface area contributed by atoms with E-state index < -0.39 is 11.9 Å². The first-order chi connectivity index (χ1) is 11.8. The van der Waals surface area contributed by atoms with Crippen LogP contribution >= 0.6 is 0 Å². The Bertz CT molecular complexity index is 559. The number of rotatable bonds is 4. The lowest BCUT2D eigenvalue weighted by molar-refractivity contribution is -0.0581. The Kier molecular flexibility index (Phi) is 8.17. The zero-order valence-corrected chi connectivity index (χ0v) is 14.6. The Morgan fingerprint density at radius 1 is 1.24 bits per heavy atom. The highest BCUT2D eigenvalue weighted by molar-refractivity contribution is 6.03. The van der Waals surface area contributed by atoms with Crippen LogP contribution in [0.1, 0.15) is 19.8 Å². The van der Waals surface area contributed by atoms with E-state index in [9.17, 15) is 18.0 Å². The fourth-order valence-corrected chi connectivity index (χ4v) is 2.36. The first-order valence-electron chi connectivity index (χ1n) is 7.97. The Morgan fingerprint density at radius 3 is 2.36 bits per heavy atom. The lowest BCUT2D eigenvalue weighted by atomic mass is 9.96. The predicted octanol–water partition coefficient (Wildman–Crippen LogP) is 2.71. The van der Waals surface area contributed by atoms with Gasteiger partial charge in [-0.3, -0.25) is 10.3 Å². The average molecular weight is 359 g/mol. The molecule has 0 bridgehead atoms. The van der Waals surface area contributed by atoms with Crippen molar-refractivity contribution in [3.63, 3.8) is 0 Å². The Hall–Kier alpha value is -2.32. The number of alkyl halides is 3. The van der Waals surface area contributed by atoms with E-state index in [2.05, 4.69) is 20.8 Å². The van der Waals surface area contributed by atoms with E-state index in [1.54, 1.807) is 24.1 Å². The molecule has 1 aliphatic heterocycles. The third-order valence-corrected chi connectivity index (χ3v) is 3.68. The second-order valence-electron chi connectivity index (χ2n) is 5.44. The molecule has 0 saturated carbocycles. The molecule has 0 aromatic carbocycles. The first-order valence-corrected chi connectivity index (χ1v) is 7.97. The highest BCUT2D eigenvalue weighted by Crippen LogP contribution is 2.22. The number of carbonyl (C=O) groups excluding carboxylic acids is 1. The molecule has 6 nitrogen and oxygen atoms in total. The normalized spacial score (nSPS) is 18.2. The van der Waals surface area contributed by atoms with Crippen LogP contribution in [0.3, 0.4) is 0 Å². The van der Waals surface area contributed by atoms with Crippen molar-refractivity contribution in [2.75, 3.05) is 27.2 Å². The highest BCUT2D eigenvalue weighted by atomic mass is 19.4. The molecular formula is C16H24F3N5O. The Balaban J connectivity index is 2.57. The van der Waals surface area contributed by atoms with Crippen molar-refractivity contribution < 1.29 is 18.0 Å². The minimum absolute atomic E-state index is 0.0247. The molecular weight excluding hydrogens is 335 g/mol. The van der Waals surface area contributed by atoms with Crippen molar-refractivity contribution in [1.82, 2.24) is 15.6 Å². The minimum atomic E-state index is -4.50. The number of nitrogens with one attached hydrogen (secondary N) is 2. The van der Waals surface area contributed by atoms with Gasteiger partial charge in [-0.25, -0.2) is 4.79 Å². The summed E-state index contributed by atoms with van der Waals surface area (Å²) in [6, 6.07) is -0.256. The van der Waals surface area contributed by atoms with Crippen molar-refractivity contribution in [3.8, 4) is 0 Å². The number of hydrogen-bond donors (Lipinski definition) is 2. The van der Waals surface area contributed by atoms with Gasteiger partial charge in [-0.15, -0.1) is 0 Å². The third kappa shape index (κ3) is 6.98. The predicted molar refractivity (Wildman–Crippen MR) is 92.7 cm³/mol. The van der Waals surface area contributed by atoms with Gasteiger partial charge in [0.25, 0.3) is 0 Å². The van der Waals surface area contributed by atoms with E-state index in [1.165, 1.54) is 13.1 Å². The highest BCUT2D eigenvalue weighted by Gasteiger charge is 2.34. The second kappa shape index (κ2) is 9.85. The van der Waals surface area contributed by atoms with Gasteiger partial charge in [0.15, 0.2) is 5.71 Å². The number of hydrogen-bond acceptors (Lipinski definition) is 4. The van der Waals surface area contributed by atoms with Crippen LogP contribution in [-0.4, -0.2) is 55.8 Å². The van der Waals surface area contributed by atoms with Gasteiger partial charge in [-0.1, -0.05) is 12.2 Å². The zero-order chi connectivity index (χ0) is 18.9. The van der Waals surface area contributed by atoms with Crippen molar-refractivity contribution >= 4 is 17.6 Å². The molecule has 0 aromatic rings. The van der Waals surface area contributed by atoms with E-state index in [0.29, 0.717) is 31.8 Å². The fourth-order valence-electron chi connectivity index (χ4n) is 2.36. The van der Waals surface area contributed by atoms with Crippen LogP contribution in [-0.2, 0) is 0 Å². The first kappa shape index (κ1) is 20.7. The minimum Gasteiger partial charge on any atom is -0.324 e. The summed E-state index contributed by atoms with van der Waals surface area (Å²) in [4.78, 5) is 17.7. The molecule has 0 radical (unpaired) electrons. The SMILES string of the molecule is C/C=C\C(=N/C)NC(=O)N1CCC(/C=C/C(=N\NC)C(F)(F)F)CC1. The number of allylic oxidation sites excluding steroid dienone is 3. The number of carbonyl (C=O) groups is 1. The molecule has 1 saturated heterocycles. The lowest BCUT2D eigenvalue weighted by Crippen LogP contribution is -2.46. The van der Waals surface area contributed by atoms with Crippen LogP contribution < -0.4 is 10.7 Å². The number of urea groups is 1. The summed E-state index contributed by atoms with van der Waals surface area (Å²) in [5.74, 6) is 0.441. The summed E-state index contributed by atoms with van der Waals surface area (Å²) >= 11 is 0. The van der Waals surface area contributed by atoms with Crippen LogP contribution in [0.25, 0.3) is 0 Å². The van der Waals surface area contributed by atoms with Crippen LogP contribution in [0.15, 0.2) is 34.4 Å². The molecule has 1 fully saturated rings. The standard InChI is InChI=1S/C16H24F3N5O/c1-4-5-14(20-2)22-15(25)24-10-8-12(9-11-24)6-7-13(23-21-3)16(17,18)19/h4-7,12,21H,8-11H2,1-3H3,(H,20,22,25)/b5-4-,7-6+,23-13+. The maximum absolute atomic E-state index is 12.7. The number of halogens is 3. The average Bonchev–Trinajstić information content (AvgIpc) is 2.57. The van der Waals surface area contributed by atoms with Crippen LogP contribution in [0.5, 0.6) is 0 Å². The molecule has 1 aliphatic rings. The van der Waals surface area contributed by atoms with Gasteiger partial charge in [0.1, 0.15) is 5.84 Å². The summed E-state index contributed by atoms with van der Waals surface area (Å²) < 4.78 is 38.2. The topological polar surface area (TPSA) is 69.1 Å². The summed E-state index contributed by atoms with van der Waals surface area (Å²) in [7, 11) is 2.90. The van der Waals surface area contributed by atoms with Crippen LogP contribution in [0.2, 0.25) is 0 Å².